The molecule has 2 atom stereocenters. The molecule has 102 valence electrons. The largest absolute Gasteiger partial charge is 0.387 e. The van der Waals surface area contributed by atoms with Gasteiger partial charge < -0.3 is 10.4 Å². The van der Waals surface area contributed by atoms with Gasteiger partial charge in [0.05, 0.1) is 6.10 Å². The normalized spacial score (nSPS) is 14.3. The van der Waals surface area contributed by atoms with Gasteiger partial charge in [-0.15, -0.1) is 11.3 Å². The Labute approximate surface area is 126 Å². The van der Waals surface area contributed by atoms with Crippen molar-refractivity contribution in [2.24, 2.45) is 0 Å². The van der Waals surface area contributed by atoms with E-state index in [1.54, 1.807) is 11.3 Å². The standard InChI is InChI=1S/C15H18BrNOS/c1-10-6-7-15(19-10)11(2)17-9-14(18)12-4-3-5-13(16)8-12/h3-8,11,14,17-18H,9H2,1-2H3. The van der Waals surface area contributed by atoms with E-state index in [0.717, 1.165) is 10.0 Å². The molecule has 2 unspecified atom stereocenters. The van der Waals surface area contributed by atoms with Crippen LogP contribution in [0.3, 0.4) is 0 Å². The summed E-state index contributed by atoms with van der Waals surface area (Å²) in [6.45, 7) is 4.78. The van der Waals surface area contributed by atoms with Gasteiger partial charge in [-0.2, -0.15) is 0 Å². The first-order valence-electron chi connectivity index (χ1n) is 6.29. The number of benzene rings is 1. The number of aryl methyl sites for hydroxylation is 1. The maximum absolute atomic E-state index is 10.2. The van der Waals surface area contributed by atoms with Crippen molar-refractivity contribution in [1.82, 2.24) is 5.32 Å². The second kappa shape index (κ2) is 6.66. The highest BCUT2D eigenvalue weighted by atomic mass is 79.9. The Morgan fingerprint density at radius 1 is 1.32 bits per heavy atom. The topological polar surface area (TPSA) is 32.3 Å². The molecule has 2 N–H and O–H groups in total. The van der Waals surface area contributed by atoms with Crippen LogP contribution in [0.2, 0.25) is 0 Å². The molecule has 1 heterocycles. The number of aliphatic hydroxyl groups is 1. The SMILES string of the molecule is Cc1ccc(C(C)NCC(O)c2cccc(Br)c2)s1. The van der Waals surface area contributed by atoms with E-state index >= 15 is 0 Å². The average molecular weight is 340 g/mol. The molecule has 2 nitrogen and oxygen atoms in total. The van der Waals surface area contributed by atoms with E-state index < -0.39 is 6.10 Å². The molecule has 1 aromatic heterocycles. The third kappa shape index (κ3) is 4.14. The zero-order valence-corrected chi connectivity index (χ0v) is 13.5. The van der Waals surface area contributed by atoms with E-state index in [1.807, 2.05) is 24.3 Å². The molecule has 1 aromatic carbocycles. The van der Waals surface area contributed by atoms with Crippen LogP contribution in [0.5, 0.6) is 0 Å². The van der Waals surface area contributed by atoms with Gasteiger partial charge in [-0.1, -0.05) is 28.1 Å². The number of thiophene rings is 1. The highest BCUT2D eigenvalue weighted by Gasteiger charge is 2.11. The Hall–Kier alpha value is -0.680. The van der Waals surface area contributed by atoms with Gasteiger partial charge in [0, 0.05) is 26.8 Å². The maximum atomic E-state index is 10.2. The summed E-state index contributed by atoms with van der Waals surface area (Å²) in [4.78, 5) is 2.62. The number of hydrogen-bond donors (Lipinski definition) is 2. The molecule has 2 rings (SSSR count). The number of halogens is 1. The van der Waals surface area contributed by atoms with Crippen molar-refractivity contribution in [2.75, 3.05) is 6.54 Å². The molecule has 2 aromatic rings. The van der Waals surface area contributed by atoms with Crippen molar-refractivity contribution in [3.05, 3.63) is 56.2 Å². The fourth-order valence-corrected chi connectivity index (χ4v) is 3.23. The molecule has 0 saturated heterocycles. The number of aliphatic hydroxyl groups excluding tert-OH is 1. The van der Waals surface area contributed by atoms with Crippen molar-refractivity contribution in [3.63, 3.8) is 0 Å². The Kier molecular flexibility index (Phi) is 5.16. The minimum absolute atomic E-state index is 0.264. The monoisotopic (exact) mass is 339 g/mol. The van der Waals surface area contributed by atoms with Crippen LogP contribution < -0.4 is 5.32 Å². The second-order valence-electron chi connectivity index (χ2n) is 4.65. The van der Waals surface area contributed by atoms with Crippen molar-refractivity contribution in [3.8, 4) is 0 Å². The molecule has 0 spiro atoms. The summed E-state index contributed by atoms with van der Waals surface area (Å²) in [5, 5.41) is 13.5. The van der Waals surface area contributed by atoms with Crippen LogP contribution >= 0.6 is 27.3 Å². The van der Waals surface area contributed by atoms with Crippen molar-refractivity contribution in [2.45, 2.75) is 26.0 Å². The number of nitrogens with one attached hydrogen (secondary N) is 1. The van der Waals surface area contributed by atoms with Crippen LogP contribution in [0.1, 0.15) is 34.4 Å². The maximum Gasteiger partial charge on any atom is 0.0914 e. The Bertz CT molecular complexity index is 540. The third-order valence-corrected chi connectivity index (χ3v) is 4.72. The molecule has 4 heteroatoms. The van der Waals surface area contributed by atoms with E-state index in [4.69, 9.17) is 0 Å². The zero-order valence-electron chi connectivity index (χ0n) is 11.1. The molecule has 0 aliphatic carbocycles. The van der Waals surface area contributed by atoms with Gasteiger partial charge in [0.2, 0.25) is 0 Å². The Balaban J connectivity index is 1.91. The van der Waals surface area contributed by atoms with Crippen LogP contribution in [-0.4, -0.2) is 11.7 Å². The van der Waals surface area contributed by atoms with E-state index in [9.17, 15) is 5.11 Å². The smallest absolute Gasteiger partial charge is 0.0914 e. The molecular weight excluding hydrogens is 322 g/mol. The molecule has 0 bridgehead atoms. The molecule has 19 heavy (non-hydrogen) atoms. The highest BCUT2D eigenvalue weighted by molar-refractivity contribution is 9.10. The van der Waals surface area contributed by atoms with Gasteiger partial charge in [-0.3, -0.25) is 0 Å². The predicted octanol–water partition coefficient (Wildman–Crippen LogP) is 4.20. The lowest BCUT2D eigenvalue weighted by Gasteiger charge is -2.16. The summed E-state index contributed by atoms with van der Waals surface area (Å²) >= 11 is 5.21. The van der Waals surface area contributed by atoms with Crippen molar-refractivity contribution >= 4 is 27.3 Å². The Morgan fingerprint density at radius 3 is 2.74 bits per heavy atom. The van der Waals surface area contributed by atoms with Gasteiger partial charge in [-0.05, 0) is 43.7 Å². The molecule has 0 aliphatic rings. The minimum Gasteiger partial charge on any atom is -0.387 e. The van der Waals surface area contributed by atoms with Gasteiger partial charge in [0.25, 0.3) is 0 Å². The van der Waals surface area contributed by atoms with E-state index in [1.165, 1.54) is 9.75 Å². The number of hydrogen-bond acceptors (Lipinski definition) is 3. The minimum atomic E-state index is -0.485. The van der Waals surface area contributed by atoms with E-state index in [2.05, 4.69) is 47.2 Å². The lowest BCUT2D eigenvalue weighted by Crippen LogP contribution is -2.24. The quantitative estimate of drug-likeness (QED) is 0.855. The average Bonchev–Trinajstić information content (AvgIpc) is 2.82. The van der Waals surface area contributed by atoms with Crippen LogP contribution in [-0.2, 0) is 0 Å². The van der Waals surface area contributed by atoms with Gasteiger partial charge >= 0.3 is 0 Å². The molecule has 0 saturated carbocycles. The van der Waals surface area contributed by atoms with E-state index in [-0.39, 0.29) is 6.04 Å². The summed E-state index contributed by atoms with van der Waals surface area (Å²) in [5.74, 6) is 0. The lowest BCUT2D eigenvalue weighted by molar-refractivity contribution is 0.171. The van der Waals surface area contributed by atoms with Crippen LogP contribution in [0, 0.1) is 6.92 Å². The summed E-state index contributed by atoms with van der Waals surface area (Å²) < 4.78 is 0.992. The first kappa shape index (κ1) is 14.7. The van der Waals surface area contributed by atoms with Crippen LogP contribution in [0.15, 0.2) is 40.9 Å². The van der Waals surface area contributed by atoms with Crippen molar-refractivity contribution in [1.29, 1.82) is 0 Å². The summed E-state index contributed by atoms with van der Waals surface area (Å²) in [6, 6.07) is 12.3. The van der Waals surface area contributed by atoms with E-state index in [0.29, 0.717) is 6.54 Å². The third-order valence-electron chi connectivity index (χ3n) is 3.04. The summed E-state index contributed by atoms with van der Waals surface area (Å²) in [5.41, 5.74) is 0.927. The van der Waals surface area contributed by atoms with Gasteiger partial charge in [0.1, 0.15) is 0 Å². The fraction of sp³-hybridized carbons (Fsp3) is 0.333. The molecular formula is C15H18BrNOS. The molecule has 0 amide bonds. The van der Waals surface area contributed by atoms with Crippen molar-refractivity contribution < 1.29 is 5.11 Å². The second-order valence-corrected chi connectivity index (χ2v) is 6.88. The first-order valence-corrected chi connectivity index (χ1v) is 7.90. The Morgan fingerprint density at radius 2 is 2.11 bits per heavy atom. The summed E-state index contributed by atoms with van der Waals surface area (Å²) in [7, 11) is 0. The lowest BCUT2D eigenvalue weighted by atomic mass is 10.1. The molecule has 0 aliphatic heterocycles. The number of rotatable bonds is 5. The molecule has 0 fully saturated rings. The fourth-order valence-electron chi connectivity index (χ4n) is 1.91. The summed E-state index contributed by atoms with van der Waals surface area (Å²) in [6.07, 6.45) is -0.485. The van der Waals surface area contributed by atoms with Crippen LogP contribution in [0.25, 0.3) is 0 Å². The first-order chi connectivity index (χ1) is 9.06. The molecule has 0 radical (unpaired) electrons. The predicted molar refractivity (Wildman–Crippen MR) is 84.6 cm³/mol. The zero-order chi connectivity index (χ0) is 13.8. The van der Waals surface area contributed by atoms with Gasteiger partial charge in [0.15, 0.2) is 0 Å². The van der Waals surface area contributed by atoms with Gasteiger partial charge in [-0.25, -0.2) is 0 Å². The van der Waals surface area contributed by atoms with Crippen LogP contribution in [0.4, 0.5) is 0 Å². The highest BCUT2D eigenvalue weighted by Crippen LogP contribution is 2.23.